The van der Waals surface area contributed by atoms with Gasteiger partial charge in [0.15, 0.2) is 6.29 Å². The molecule has 6 nitrogen and oxygen atoms in total. The van der Waals surface area contributed by atoms with E-state index in [4.69, 9.17) is 19.7 Å². The maximum atomic E-state index is 10.7. The van der Waals surface area contributed by atoms with Gasteiger partial charge >= 0.3 is 0 Å². The lowest BCUT2D eigenvalue weighted by Gasteiger charge is -2.20. The Balaban J connectivity index is 5.10. The van der Waals surface area contributed by atoms with Crippen LogP contribution in [-0.4, -0.2) is 43.3 Å². The molecule has 0 aromatic heterocycles. The Morgan fingerprint density at radius 2 is 1.47 bits per heavy atom. The summed E-state index contributed by atoms with van der Waals surface area (Å²) in [6, 6.07) is 0. The Morgan fingerprint density at radius 3 is 1.71 bits per heavy atom. The number of carbonyl (C=O) groups is 2. The zero-order chi connectivity index (χ0) is 13.3. The Bertz CT molecular complexity index is 279. The van der Waals surface area contributed by atoms with E-state index >= 15 is 0 Å². The highest BCUT2D eigenvalue weighted by atomic mass is 16.7. The van der Waals surface area contributed by atoms with Crippen molar-refractivity contribution in [3.8, 4) is 0 Å². The summed E-state index contributed by atoms with van der Waals surface area (Å²) in [5, 5.41) is 17.8. The van der Waals surface area contributed by atoms with Gasteiger partial charge in [0.05, 0.1) is 12.5 Å². The molecule has 0 aromatic carbocycles. The molecule has 0 aliphatic rings. The lowest BCUT2D eigenvalue weighted by Crippen LogP contribution is -2.22. The number of carbonyl (C=O) groups excluding carboxylic acids is 2. The van der Waals surface area contributed by atoms with Crippen molar-refractivity contribution in [2.24, 2.45) is 5.92 Å². The Morgan fingerprint density at radius 1 is 1.06 bits per heavy atom. The van der Waals surface area contributed by atoms with Crippen molar-refractivity contribution in [2.75, 3.05) is 14.2 Å². The largest absolute Gasteiger partial charge is 0.515 e. The van der Waals surface area contributed by atoms with Gasteiger partial charge in [-0.25, -0.2) is 0 Å². The van der Waals surface area contributed by atoms with Crippen LogP contribution in [0.5, 0.6) is 0 Å². The highest BCUT2D eigenvalue weighted by molar-refractivity contribution is 5.81. The zero-order valence-corrected chi connectivity index (χ0v) is 9.70. The summed E-state index contributed by atoms with van der Waals surface area (Å²) < 4.78 is 9.87. The van der Waals surface area contributed by atoms with E-state index in [2.05, 4.69) is 0 Å². The zero-order valence-electron chi connectivity index (χ0n) is 9.70. The van der Waals surface area contributed by atoms with E-state index < -0.39 is 12.2 Å². The molecule has 6 heteroatoms. The van der Waals surface area contributed by atoms with Gasteiger partial charge in [-0.05, 0) is 0 Å². The monoisotopic (exact) mass is 244 g/mol. The third-order valence-electron chi connectivity index (χ3n) is 2.33. The Labute approximate surface area is 99.1 Å². The molecule has 0 aliphatic heterocycles. The van der Waals surface area contributed by atoms with E-state index in [0.717, 1.165) is 0 Å². The van der Waals surface area contributed by atoms with Crippen molar-refractivity contribution >= 4 is 12.6 Å². The van der Waals surface area contributed by atoms with E-state index in [1.54, 1.807) is 0 Å². The summed E-state index contributed by atoms with van der Waals surface area (Å²) in [6.45, 7) is 0. The fourth-order valence-corrected chi connectivity index (χ4v) is 1.35. The second-order valence-corrected chi connectivity index (χ2v) is 3.18. The van der Waals surface area contributed by atoms with Gasteiger partial charge in [0.2, 0.25) is 0 Å². The van der Waals surface area contributed by atoms with E-state index in [0.29, 0.717) is 25.1 Å². The molecule has 0 heterocycles. The first-order valence-corrected chi connectivity index (χ1v) is 4.82. The van der Waals surface area contributed by atoms with Crippen molar-refractivity contribution in [3.63, 3.8) is 0 Å². The number of aldehydes is 2. The first-order valence-electron chi connectivity index (χ1n) is 4.82. The average molecular weight is 244 g/mol. The Kier molecular flexibility index (Phi) is 7.66. The lowest BCUT2D eigenvalue weighted by atomic mass is 9.90. The first kappa shape index (κ1) is 15.3. The van der Waals surface area contributed by atoms with Gasteiger partial charge in [0.25, 0.3) is 0 Å². The summed E-state index contributed by atoms with van der Waals surface area (Å²) in [6.07, 6.45) is 1.44. The minimum atomic E-state index is -0.787. The minimum absolute atomic E-state index is 0.0449. The maximum Gasteiger partial charge on any atom is 0.157 e. The highest BCUT2D eigenvalue weighted by Gasteiger charge is 2.24. The second kappa shape index (κ2) is 8.49. The normalized spacial score (nSPS) is 13.2. The molecule has 96 valence electrons. The summed E-state index contributed by atoms with van der Waals surface area (Å²) in [5.74, 6) is -0.787. The predicted molar refractivity (Wildman–Crippen MR) is 59.5 cm³/mol. The fraction of sp³-hybridized carbons (Fsp3) is 0.455. The number of aliphatic hydroxyl groups excluding tert-OH is 2. The SMILES string of the molecule is COC(CC(/C(C=O)=C/O)/C(C=O)=C/O)OC. The van der Waals surface area contributed by atoms with Crippen LogP contribution in [0.1, 0.15) is 6.42 Å². The van der Waals surface area contributed by atoms with Gasteiger partial charge in [0.1, 0.15) is 12.6 Å². The van der Waals surface area contributed by atoms with Crippen LogP contribution in [0.15, 0.2) is 23.7 Å². The first-order chi connectivity index (χ1) is 8.18. The second-order valence-electron chi connectivity index (χ2n) is 3.18. The maximum absolute atomic E-state index is 10.7. The molecule has 0 amide bonds. The molecular weight excluding hydrogens is 228 g/mol. The number of hydrogen-bond acceptors (Lipinski definition) is 6. The number of aliphatic hydroxyl groups is 2. The third-order valence-corrected chi connectivity index (χ3v) is 2.33. The van der Waals surface area contributed by atoms with E-state index in [9.17, 15) is 9.59 Å². The molecule has 0 unspecified atom stereocenters. The number of allylic oxidation sites excluding steroid dienone is 2. The van der Waals surface area contributed by atoms with Gasteiger partial charge in [-0.1, -0.05) is 0 Å². The van der Waals surface area contributed by atoms with Crippen LogP contribution in [0.3, 0.4) is 0 Å². The number of rotatable bonds is 8. The number of hydrogen-bond donors (Lipinski definition) is 2. The van der Waals surface area contributed by atoms with Gasteiger partial charge in [-0.2, -0.15) is 0 Å². The summed E-state index contributed by atoms with van der Waals surface area (Å²) in [5.41, 5.74) is -0.0898. The molecular formula is C11H16O6. The molecule has 2 N–H and O–H groups in total. The van der Waals surface area contributed by atoms with Crippen molar-refractivity contribution in [1.82, 2.24) is 0 Å². The fourth-order valence-electron chi connectivity index (χ4n) is 1.35. The molecule has 0 radical (unpaired) electrons. The quantitative estimate of drug-likeness (QED) is 0.285. The topological polar surface area (TPSA) is 93.1 Å². The van der Waals surface area contributed by atoms with Crippen LogP contribution in [0.25, 0.3) is 0 Å². The predicted octanol–water partition coefficient (Wildman–Crippen LogP) is 0.893. The Hall–Kier alpha value is -1.66. The average Bonchev–Trinajstić information content (AvgIpc) is 2.37. The third kappa shape index (κ3) is 4.38. The van der Waals surface area contributed by atoms with Gasteiger partial charge in [0, 0.05) is 37.7 Å². The lowest BCUT2D eigenvalue weighted by molar-refractivity contribution is -0.114. The van der Waals surface area contributed by atoms with Crippen LogP contribution in [-0.2, 0) is 19.1 Å². The standard InChI is InChI=1S/C11H16O6/c1-16-11(17-2)3-10(8(4-12)5-13)9(6-14)7-15/h4-7,10-12,14H,3H2,1-2H3/b8-4+,9-6+. The smallest absolute Gasteiger partial charge is 0.157 e. The van der Waals surface area contributed by atoms with E-state index in [1.165, 1.54) is 14.2 Å². The summed E-state index contributed by atoms with van der Waals surface area (Å²) in [7, 11) is 2.80. The van der Waals surface area contributed by atoms with Crippen LogP contribution in [0.2, 0.25) is 0 Å². The van der Waals surface area contributed by atoms with E-state index in [1.807, 2.05) is 0 Å². The number of methoxy groups -OCH3 is 2. The van der Waals surface area contributed by atoms with Crippen molar-refractivity contribution < 1.29 is 29.3 Å². The highest BCUT2D eigenvalue weighted by Crippen LogP contribution is 2.24. The summed E-state index contributed by atoms with van der Waals surface area (Å²) in [4.78, 5) is 21.5. The molecule has 0 bridgehead atoms. The van der Waals surface area contributed by atoms with E-state index in [-0.39, 0.29) is 17.6 Å². The van der Waals surface area contributed by atoms with Crippen molar-refractivity contribution in [1.29, 1.82) is 0 Å². The minimum Gasteiger partial charge on any atom is -0.515 e. The molecule has 0 spiro atoms. The molecule has 0 atom stereocenters. The molecule has 0 fully saturated rings. The molecule has 0 saturated heterocycles. The molecule has 0 aliphatic carbocycles. The number of ether oxygens (including phenoxy) is 2. The molecule has 17 heavy (non-hydrogen) atoms. The van der Waals surface area contributed by atoms with Gasteiger partial charge in [-0.15, -0.1) is 0 Å². The van der Waals surface area contributed by atoms with Crippen LogP contribution in [0.4, 0.5) is 0 Å². The van der Waals surface area contributed by atoms with Crippen molar-refractivity contribution in [2.45, 2.75) is 12.7 Å². The van der Waals surface area contributed by atoms with Crippen LogP contribution < -0.4 is 0 Å². The van der Waals surface area contributed by atoms with Gasteiger partial charge < -0.3 is 19.7 Å². The van der Waals surface area contributed by atoms with Crippen LogP contribution >= 0.6 is 0 Å². The molecule has 0 rings (SSSR count). The van der Waals surface area contributed by atoms with Crippen LogP contribution in [0, 0.1) is 5.92 Å². The van der Waals surface area contributed by atoms with Crippen molar-refractivity contribution in [3.05, 3.63) is 23.7 Å². The van der Waals surface area contributed by atoms with Gasteiger partial charge in [-0.3, -0.25) is 9.59 Å². The summed E-state index contributed by atoms with van der Waals surface area (Å²) >= 11 is 0. The molecule has 0 aromatic rings. The molecule has 0 saturated carbocycles.